The molecule has 0 fully saturated rings. The zero-order valence-electron chi connectivity index (χ0n) is 13.0. The summed E-state index contributed by atoms with van der Waals surface area (Å²) in [5.41, 5.74) is 5.58. The van der Waals surface area contributed by atoms with E-state index < -0.39 is 0 Å². The van der Waals surface area contributed by atoms with E-state index in [1.54, 1.807) is 0 Å². The monoisotopic (exact) mass is 396 g/mol. The maximum absolute atomic E-state index is 3.00. The molecule has 2 aliphatic carbocycles. The van der Waals surface area contributed by atoms with Gasteiger partial charge in [-0.05, 0) is 11.1 Å². The third kappa shape index (κ3) is 4.03. The fourth-order valence-corrected chi connectivity index (χ4v) is 3.11. The van der Waals surface area contributed by atoms with E-state index in [0.29, 0.717) is 11.8 Å². The van der Waals surface area contributed by atoms with Crippen molar-refractivity contribution in [1.29, 1.82) is 0 Å². The summed E-state index contributed by atoms with van der Waals surface area (Å²) in [4.78, 5) is 0. The fraction of sp³-hybridized carbons (Fsp3) is 0.0952. The van der Waals surface area contributed by atoms with Crippen molar-refractivity contribution in [3.05, 3.63) is 103 Å². The molecule has 2 aliphatic rings. The van der Waals surface area contributed by atoms with Gasteiger partial charge in [0.2, 0.25) is 0 Å². The standard InChI is InChI=1S/C19H15.C2H4.ClH.Zr/c1-3-7-18-14(5-1)9-11-16(18)13-17-12-10-15-6-2-4-8-19(15)17;1-2;;/h1-13,16-17H;1-2H2;1H;/q-1;;;+2/p-1. The van der Waals surface area contributed by atoms with Gasteiger partial charge < -0.3 is 18.8 Å². The molecule has 23 heavy (non-hydrogen) atoms. The smallest absolute Gasteiger partial charge is 1.00 e. The topological polar surface area (TPSA) is 0 Å². The van der Waals surface area contributed by atoms with E-state index in [1.165, 1.54) is 22.3 Å². The molecule has 0 bridgehead atoms. The first-order valence-electron chi connectivity index (χ1n) is 7.31. The maximum Gasteiger partial charge on any atom is 2.00 e. The Labute approximate surface area is 164 Å². The summed E-state index contributed by atoms with van der Waals surface area (Å²) < 4.78 is 0. The Bertz CT molecular complexity index is 643. The molecule has 0 saturated heterocycles. The minimum absolute atomic E-state index is 0. The van der Waals surface area contributed by atoms with Crippen LogP contribution >= 0.6 is 0 Å². The number of hydrogen-bond acceptors (Lipinski definition) is 0. The quantitative estimate of drug-likeness (QED) is 0.539. The van der Waals surface area contributed by atoms with Crippen molar-refractivity contribution in [2.45, 2.75) is 11.8 Å². The number of rotatable bonds is 2. The van der Waals surface area contributed by atoms with Gasteiger partial charge in [0.05, 0.1) is 0 Å². The zero-order valence-corrected chi connectivity index (χ0v) is 16.2. The van der Waals surface area contributed by atoms with Gasteiger partial charge in [0, 0.05) is 0 Å². The van der Waals surface area contributed by atoms with Crippen LogP contribution in [0.4, 0.5) is 0 Å². The predicted molar refractivity (Wildman–Crippen MR) is 92.0 cm³/mol. The Hall–Kier alpha value is -1.17. The van der Waals surface area contributed by atoms with Gasteiger partial charge in [-0.2, -0.15) is 0 Å². The number of fused-ring (bicyclic) bond motifs is 2. The van der Waals surface area contributed by atoms with Crippen LogP contribution in [0.2, 0.25) is 0 Å². The Morgan fingerprint density at radius 2 is 1.09 bits per heavy atom. The molecule has 2 unspecified atom stereocenters. The van der Waals surface area contributed by atoms with Crippen LogP contribution in [0.25, 0.3) is 12.2 Å². The second kappa shape index (κ2) is 9.21. The zero-order chi connectivity index (χ0) is 14.7. The molecule has 114 valence electrons. The van der Waals surface area contributed by atoms with Gasteiger partial charge in [-0.15, -0.1) is 37.1 Å². The third-order valence-electron chi connectivity index (χ3n) is 4.09. The Morgan fingerprint density at radius 1 is 0.696 bits per heavy atom. The van der Waals surface area contributed by atoms with Crippen LogP contribution in [0.5, 0.6) is 0 Å². The molecule has 2 atom stereocenters. The SMILES string of the molecule is C1=CC([CH-]C2C=Cc3ccccc32)c2ccccc21.C=C.[Cl-].[Zr+2]. The third-order valence-corrected chi connectivity index (χ3v) is 4.09. The molecule has 0 radical (unpaired) electrons. The van der Waals surface area contributed by atoms with E-state index in [9.17, 15) is 0 Å². The number of hydrogen-bond donors (Lipinski definition) is 0. The Kier molecular flexibility index (Phi) is 7.96. The predicted octanol–water partition coefficient (Wildman–Crippen LogP) is 2.62. The van der Waals surface area contributed by atoms with Crippen LogP contribution in [0, 0.1) is 6.42 Å². The van der Waals surface area contributed by atoms with E-state index >= 15 is 0 Å². The number of allylic oxidation sites excluding steroid dienone is 2. The fourth-order valence-electron chi connectivity index (χ4n) is 3.11. The molecule has 0 heterocycles. The summed E-state index contributed by atoms with van der Waals surface area (Å²) in [7, 11) is 0. The second-order valence-electron chi connectivity index (χ2n) is 5.22. The van der Waals surface area contributed by atoms with Crippen LogP contribution in [-0.2, 0) is 26.2 Å². The number of halogens is 1. The molecule has 2 aromatic rings. The van der Waals surface area contributed by atoms with Gasteiger partial charge in [0.15, 0.2) is 0 Å². The average Bonchev–Trinajstić information content (AvgIpc) is 3.15. The summed E-state index contributed by atoms with van der Waals surface area (Å²) in [6, 6.07) is 17.3. The Morgan fingerprint density at radius 3 is 1.52 bits per heavy atom. The van der Waals surface area contributed by atoms with Crippen LogP contribution in [-0.4, -0.2) is 0 Å². The summed E-state index contributed by atoms with van der Waals surface area (Å²) in [5, 5.41) is 0. The molecule has 2 heteroatoms. The van der Waals surface area contributed by atoms with Crippen LogP contribution in [0.1, 0.15) is 34.1 Å². The van der Waals surface area contributed by atoms with Crippen molar-refractivity contribution in [2.75, 3.05) is 0 Å². The van der Waals surface area contributed by atoms with E-state index in [1.807, 2.05) is 0 Å². The molecule has 0 aliphatic heterocycles. The molecule has 2 aromatic carbocycles. The van der Waals surface area contributed by atoms with Crippen molar-refractivity contribution in [2.24, 2.45) is 0 Å². The Balaban J connectivity index is 0.000000638. The molecular weight excluding hydrogens is 379 g/mol. The second-order valence-corrected chi connectivity index (χ2v) is 5.22. The van der Waals surface area contributed by atoms with Crippen molar-refractivity contribution < 1.29 is 38.6 Å². The van der Waals surface area contributed by atoms with Crippen molar-refractivity contribution in [3.8, 4) is 0 Å². The molecule has 0 amide bonds. The van der Waals surface area contributed by atoms with E-state index in [2.05, 4.69) is 92.4 Å². The van der Waals surface area contributed by atoms with Gasteiger partial charge in [-0.25, -0.2) is 0 Å². The van der Waals surface area contributed by atoms with Gasteiger partial charge in [-0.3, -0.25) is 0 Å². The normalized spacial score (nSPS) is 18.8. The van der Waals surface area contributed by atoms with Gasteiger partial charge in [-0.1, -0.05) is 71.8 Å². The van der Waals surface area contributed by atoms with Crippen molar-refractivity contribution >= 4 is 12.2 Å². The molecule has 4 rings (SSSR count). The van der Waals surface area contributed by atoms with Gasteiger partial charge in [0.25, 0.3) is 0 Å². The minimum Gasteiger partial charge on any atom is -1.00 e. The molecular formula is C21H19ClZr. The molecule has 0 saturated carbocycles. The first kappa shape index (κ1) is 19.9. The van der Waals surface area contributed by atoms with E-state index in [4.69, 9.17) is 0 Å². The summed E-state index contributed by atoms with van der Waals surface area (Å²) in [6.07, 6.45) is 11.5. The van der Waals surface area contributed by atoms with Gasteiger partial charge >= 0.3 is 26.2 Å². The van der Waals surface area contributed by atoms with Crippen molar-refractivity contribution in [1.82, 2.24) is 0 Å². The average molecular weight is 398 g/mol. The van der Waals surface area contributed by atoms with Gasteiger partial charge in [0.1, 0.15) is 0 Å². The van der Waals surface area contributed by atoms with Crippen LogP contribution in [0.15, 0.2) is 73.8 Å². The molecule has 0 aromatic heterocycles. The van der Waals surface area contributed by atoms with E-state index in [0.717, 1.165) is 0 Å². The molecule has 0 N–H and O–H groups in total. The first-order chi connectivity index (χ1) is 10.4. The summed E-state index contributed by atoms with van der Waals surface area (Å²) in [5.74, 6) is 0.883. The van der Waals surface area contributed by atoms with Crippen LogP contribution < -0.4 is 12.4 Å². The van der Waals surface area contributed by atoms with Crippen molar-refractivity contribution in [3.63, 3.8) is 0 Å². The van der Waals surface area contributed by atoms with Crippen LogP contribution in [0.3, 0.4) is 0 Å². The minimum atomic E-state index is 0. The molecule has 0 nitrogen and oxygen atoms in total. The molecule has 0 spiro atoms. The number of benzene rings is 2. The maximum atomic E-state index is 3.00. The largest absolute Gasteiger partial charge is 2.00 e. The summed E-state index contributed by atoms with van der Waals surface area (Å²) in [6.45, 7) is 6.00. The summed E-state index contributed by atoms with van der Waals surface area (Å²) >= 11 is 0. The van der Waals surface area contributed by atoms with E-state index in [-0.39, 0.29) is 38.6 Å². The first-order valence-corrected chi connectivity index (χ1v) is 7.31.